The van der Waals surface area contributed by atoms with Gasteiger partial charge in [0.2, 0.25) is 17.7 Å². The summed E-state index contributed by atoms with van der Waals surface area (Å²) in [5.41, 5.74) is 13.9. The van der Waals surface area contributed by atoms with Gasteiger partial charge in [-0.3, -0.25) is 24.4 Å². The zero-order valence-electron chi connectivity index (χ0n) is 43.3. The molecule has 3 aromatic heterocycles. The summed E-state index contributed by atoms with van der Waals surface area (Å²) in [7, 11) is 0. The number of aromatic amines is 1. The number of phenols is 1. The number of aliphatic hydroxyl groups excluding tert-OH is 1. The number of nitrogens with two attached hydrogens (primary N) is 1. The molecule has 74 heavy (non-hydrogen) atoms. The summed E-state index contributed by atoms with van der Waals surface area (Å²) < 4.78 is 0. The fourth-order valence-electron chi connectivity index (χ4n) is 13.4. The largest absolute Gasteiger partial charge is 0.507 e. The topological polar surface area (TPSA) is 235 Å². The molecule has 6 fully saturated rings. The average molecular weight is 1010 g/mol. The van der Waals surface area contributed by atoms with E-state index < -0.39 is 23.6 Å². The number of para-hydroxylation sites is 1. The van der Waals surface area contributed by atoms with Crippen molar-refractivity contribution >= 4 is 29.2 Å². The van der Waals surface area contributed by atoms with Crippen LogP contribution in [-0.4, -0.2) is 142 Å². The van der Waals surface area contributed by atoms with E-state index in [1.165, 1.54) is 10.5 Å². The molecule has 5 aliphatic heterocycles. The minimum Gasteiger partial charge on any atom is -0.507 e. The number of hydrogen-bond acceptors (Lipinski definition) is 14. The number of nitrogens with one attached hydrogen (secondary N) is 3. The van der Waals surface area contributed by atoms with E-state index in [-0.39, 0.29) is 54.4 Å². The average Bonchev–Trinajstić information content (AvgIpc) is 3.95. The van der Waals surface area contributed by atoms with Gasteiger partial charge in [-0.2, -0.15) is 5.10 Å². The van der Waals surface area contributed by atoms with Gasteiger partial charge in [-0.05, 0) is 125 Å². The van der Waals surface area contributed by atoms with E-state index in [0.717, 1.165) is 117 Å². The lowest BCUT2D eigenvalue weighted by atomic mass is 9.62. The second-order valence-electron chi connectivity index (χ2n) is 23.2. The van der Waals surface area contributed by atoms with Crippen LogP contribution in [0.3, 0.4) is 0 Å². The van der Waals surface area contributed by atoms with Crippen LogP contribution in [0, 0.1) is 25.2 Å². The molecule has 2 aromatic carbocycles. The molecular formula is C56H71N13O5. The van der Waals surface area contributed by atoms with Crippen LogP contribution in [0.15, 0.2) is 67.0 Å². The Hall–Kier alpha value is -6.50. The van der Waals surface area contributed by atoms with Gasteiger partial charge in [0.15, 0.2) is 5.82 Å². The number of piperazine rings is 1. The van der Waals surface area contributed by atoms with Gasteiger partial charge in [0, 0.05) is 85.9 Å². The first-order valence-electron chi connectivity index (χ1n) is 26.7. The Morgan fingerprint density at radius 1 is 0.878 bits per heavy atom. The number of aromatic hydroxyl groups is 1. The van der Waals surface area contributed by atoms with Crippen molar-refractivity contribution < 1.29 is 24.6 Å². The van der Waals surface area contributed by atoms with Crippen molar-refractivity contribution in [1.29, 1.82) is 0 Å². The number of phenolic OH excluding ortho intramolecular Hbond substituents is 1. The van der Waals surface area contributed by atoms with Crippen LogP contribution in [-0.2, 0) is 26.5 Å². The Morgan fingerprint density at radius 2 is 1.57 bits per heavy atom. The third kappa shape index (κ3) is 9.26. The van der Waals surface area contributed by atoms with Gasteiger partial charge in [0.1, 0.15) is 23.7 Å². The number of aromatic nitrogens is 6. The minimum absolute atomic E-state index is 0.0347. The molecule has 5 saturated heterocycles. The molecule has 18 nitrogen and oxygen atoms in total. The SMILES string of the molecule is Cc1n[nH]c(C)c1-c1ccc(CNC(=O)[C@@H]2C[C@@H](O)CN2C(=O)[C@@H](NC(=O)[C@H]2CC[C@@H](N3CCC(c4cnc(C56CC7CN(c8cc(-c9ccccc9O)nnc8N)CC(C5)N76)nc4)CC3)CC2)C(C)(C)C)cc1. The number of hydrogen-bond donors (Lipinski definition) is 6. The lowest BCUT2D eigenvalue weighted by molar-refractivity contribution is -0.216. The van der Waals surface area contributed by atoms with Crippen LogP contribution in [0.2, 0.25) is 0 Å². The molecule has 6 aliphatic rings. The van der Waals surface area contributed by atoms with Crippen molar-refractivity contribution in [1.82, 2.24) is 55.7 Å². The summed E-state index contributed by atoms with van der Waals surface area (Å²) in [5, 5.41) is 43.2. The molecule has 1 saturated carbocycles. The van der Waals surface area contributed by atoms with Gasteiger partial charge in [0.05, 0.1) is 28.7 Å². The Bertz CT molecular complexity index is 2850. The normalized spacial score (nSPS) is 26.7. The van der Waals surface area contributed by atoms with Crippen LogP contribution in [0.4, 0.5) is 11.5 Å². The Balaban J connectivity index is 0.636. The molecule has 5 aromatic rings. The molecule has 3 amide bonds. The number of rotatable bonds is 12. The van der Waals surface area contributed by atoms with E-state index in [1.807, 2.05) is 77.1 Å². The van der Waals surface area contributed by atoms with E-state index in [9.17, 15) is 24.6 Å². The number of nitrogens with zero attached hydrogens (tertiary/aromatic N) is 9. The van der Waals surface area contributed by atoms with Crippen molar-refractivity contribution in [3.8, 4) is 28.1 Å². The van der Waals surface area contributed by atoms with Gasteiger partial charge in [-0.1, -0.05) is 57.2 Å². The van der Waals surface area contributed by atoms with Gasteiger partial charge < -0.3 is 41.3 Å². The highest BCUT2D eigenvalue weighted by molar-refractivity contribution is 5.93. The molecule has 18 heteroatoms. The lowest BCUT2D eigenvalue weighted by Crippen LogP contribution is -2.83. The maximum Gasteiger partial charge on any atom is 0.246 e. The van der Waals surface area contributed by atoms with Crippen molar-refractivity contribution in [3.63, 3.8) is 0 Å². The highest BCUT2D eigenvalue weighted by atomic mass is 16.3. The minimum atomic E-state index is -0.858. The smallest absolute Gasteiger partial charge is 0.246 e. The Morgan fingerprint density at radius 3 is 2.22 bits per heavy atom. The number of benzene rings is 2. The summed E-state index contributed by atoms with van der Waals surface area (Å²) in [6.45, 7) is 13.7. The maximum absolute atomic E-state index is 14.4. The summed E-state index contributed by atoms with van der Waals surface area (Å²) in [4.78, 5) is 61.1. The van der Waals surface area contributed by atoms with Crippen molar-refractivity contribution in [2.75, 3.05) is 43.4 Å². The van der Waals surface area contributed by atoms with E-state index in [2.05, 4.69) is 58.1 Å². The summed E-state index contributed by atoms with van der Waals surface area (Å²) in [5.74, 6) is 0.909. The number of aliphatic hydroxyl groups is 1. The molecule has 390 valence electrons. The molecule has 2 unspecified atom stereocenters. The number of nitrogen functional groups attached to an aromatic ring is 1. The predicted molar refractivity (Wildman–Crippen MR) is 280 cm³/mol. The van der Waals surface area contributed by atoms with E-state index >= 15 is 0 Å². The molecule has 5 atom stereocenters. The molecule has 7 N–H and O–H groups in total. The Labute approximate surface area is 432 Å². The number of aryl methyl sites for hydroxylation is 2. The van der Waals surface area contributed by atoms with Crippen LogP contribution >= 0.6 is 0 Å². The highest BCUT2D eigenvalue weighted by Gasteiger charge is 2.67. The third-order valence-corrected chi connectivity index (χ3v) is 17.4. The monoisotopic (exact) mass is 1010 g/mol. The number of piperidine rings is 2. The second kappa shape index (κ2) is 19.6. The number of anilines is 2. The standard InChI is InChI=1S/C56H71N13O5/c1-32-48(33(2)63-62-32)36-12-10-34(11-13-36)26-58-52(73)46-22-42(70)31-68(46)53(74)49(55(3,4)5)61-51(72)37-14-16-39(17-15-37)66-20-18-35(19-21-66)38-27-59-54(60-28-38)56-24-40-29-67(30-41(25-56)69(40)56)45-23-44(64-65-50(45)57)43-8-6-7-9-47(43)71/h6-13,23,27-28,35,37,39-42,46,49,70-71H,14-22,24-26,29-31H2,1-5H3,(H2,57,65)(H,58,73)(H,61,72)(H,62,63)/t37-,39+,40?,41?,42-,46+,49-,56?/m1/s1. The van der Waals surface area contributed by atoms with E-state index in [1.54, 1.807) is 12.1 Å². The molecule has 11 rings (SSSR count). The molecule has 0 radical (unpaired) electrons. The lowest BCUT2D eigenvalue weighted by Gasteiger charge is -2.72. The number of likely N-dealkylation sites (tertiary alicyclic amines) is 2. The zero-order valence-corrected chi connectivity index (χ0v) is 43.3. The molecule has 0 spiro atoms. The van der Waals surface area contributed by atoms with Crippen molar-refractivity contribution in [3.05, 3.63) is 95.3 Å². The number of amides is 3. The van der Waals surface area contributed by atoms with Gasteiger partial charge in [-0.15, -0.1) is 10.2 Å². The first-order chi connectivity index (χ1) is 35.5. The third-order valence-electron chi connectivity index (χ3n) is 17.4. The fraction of sp³-hybridized carbons (Fsp3) is 0.536. The summed E-state index contributed by atoms with van der Waals surface area (Å²) in [6, 6.07) is 16.5. The molecular weight excluding hydrogens is 935 g/mol. The van der Waals surface area contributed by atoms with Crippen LogP contribution in [0.1, 0.15) is 113 Å². The first-order valence-corrected chi connectivity index (χ1v) is 26.7. The fourth-order valence-corrected chi connectivity index (χ4v) is 13.4. The first kappa shape index (κ1) is 49.7. The van der Waals surface area contributed by atoms with Gasteiger partial charge in [-0.25, -0.2) is 9.97 Å². The van der Waals surface area contributed by atoms with E-state index in [0.29, 0.717) is 41.1 Å². The summed E-state index contributed by atoms with van der Waals surface area (Å²) in [6.07, 6.45) is 10.9. The molecule has 8 heterocycles. The highest BCUT2D eigenvalue weighted by Crippen LogP contribution is 2.59. The number of carbonyl (C=O) groups excluding carboxylic acids is 3. The number of β-amino-alcohol motifs (C(OH)–C–C–N with tert-alkyl or cyclic N) is 1. The Kier molecular flexibility index (Phi) is 13.2. The van der Waals surface area contributed by atoms with Gasteiger partial charge in [0.25, 0.3) is 0 Å². The molecule has 0 bridgehead atoms. The maximum atomic E-state index is 14.4. The number of carbonyl (C=O) groups is 3. The molecule has 1 aliphatic carbocycles. The quantitative estimate of drug-likeness (QED) is 0.0927. The van der Waals surface area contributed by atoms with Crippen LogP contribution in [0.5, 0.6) is 5.75 Å². The van der Waals surface area contributed by atoms with Gasteiger partial charge >= 0.3 is 0 Å². The van der Waals surface area contributed by atoms with E-state index in [4.69, 9.17) is 15.7 Å². The van der Waals surface area contributed by atoms with Crippen molar-refractivity contribution in [2.45, 2.75) is 147 Å². The predicted octanol–water partition coefficient (Wildman–Crippen LogP) is 5.34. The van der Waals surface area contributed by atoms with Crippen LogP contribution < -0.4 is 21.3 Å². The second-order valence-corrected chi connectivity index (χ2v) is 23.2. The zero-order chi connectivity index (χ0) is 51.6. The van der Waals surface area contributed by atoms with Crippen molar-refractivity contribution in [2.24, 2.45) is 11.3 Å². The van der Waals surface area contributed by atoms with Crippen LogP contribution in [0.25, 0.3) is 22.4 Å². The summed E-state index contributed by atoms with van der Waals surface area (Å²) >= 11 is 0. The number of H-pyrrole nitrogens is 1.